The molecule has 0 spiro atoms. The Bertz CT molecular complexity index is 660. The van der Waals surface area contributed by atoms with Gasteiger partial charge in [0.05, 0.1) is 0 Å². The van der Waals surface area contributed by atoms with Crippen molar-refractivity contribution in [1.82, 2.24) is 14.7 Å². The van der Waals surface area contributed by atoms with E-state index in [4.69, 9.17) is 0 Å². The molecule has 4 nitrogen and oxygen atoms in total. The highest BCUT2D eigenvalue weighted by Crippen LogP contribution is 2.32. The summed E-state index contributed by atoms with van der Waals surface area (Å²) < 4.78 is 0. The predicted octanol–water partition coefficient (Wildman–Crippen LogP) is 3.24. The second-order valence-corrected chi connectivity index (χ2v) is 7.55. The van der Waals surface area contributed by atoms with Crippen molar-refractivity contribution < 1.29 is 5.11 Å². The molecule has 136 valence electrons. The molecule has 0 bridgehead atoms. The lowest BCUT2D eigenvalue weighted by atomic mass is 9.91. The highest BCUT2D eigenvalue weighted by molar-refractivity contribution is 5.72. The zero-order valence-electron chi connectivity index (χ0n) is 16.4. The number of nitrogens with zero attached hydrogens (tertiary/aromatic N) is 3. The normalized spacial score (nSPS) is 11.7. The first-order valence-electron chi connectivity index (χ1n) is 8.64. The molecule has 0 saturated carbocycles. The van der Waals surface area contributed by atoms with Gasteiger partial charge in [-0.2, -0.15) is 0 Å². The van der Waals surface area contributed by atoms with E-state index in [1.807, 2.05) is 12.1 Å². The van der Waals surface area contributed by atoms with E-state index in [-0.39, 0.29) is 0 Å². The van der Waals surface area contributed by atoms with Crippen molar-refractivity contribution in [2.75, 3.05) is 42.3 Å². The number of phenolic OH excluding ortho intramolecular Hbond substituents is 1. The lowest BCUT2D eigenvalue weighted by Crippen LogP contribution is -2.17. The number of aromatic hydroxyl groups is 1. The van der Waals surface area contributed by atoms with Crippen LogP contribution in [0.1, 0.15) is 16.7 Å². The molecular weight excluding hydrogens is 310 g/mol. The third kappa shape index (κ3) is 5.56. The lowest BCUT2D eigenvalue weighted by Gasteiger charge is -2.23. The van der Waals surface area contributed by atoms with Crippen molar-refractivity contribution in [3.05, 3.63) is 53.1 Å². The fourth-order valence-electron chi connectivity index (χ4n) is 3.23. The van der Waals surface area contributed by atoms with Gasteiger partial charge in [0.15, 0.2) is 0 Å². The standard InChI is InChI=1S/C21H31N3O/c1-22(2)13-16-11-18(14-23(3)4)21(19(12-16)15-24(5)6)17-7-9-20(25)10-8-17/h7-12,25H,13-15H2,1-6H3. The van der Waals surface area contributed by atoms with Gasteiger partial charge in [0.25, 0.3) is 0 Å². The van der Waals surface area contributed by atoms with Crippen molar-refractivity contribution in [1.29, 1.82) is 0 Å². The molecule has 2 aromatic carbocycles. The first kappa shape index (κ1) is 19.4. The highest BCUT2D eigenvalue weighted by atomic mass is 16.3. The molecule has 0 heterocycles. The summed E-state index contributed by atoms with van der Waals surface area (Å²) >= 11 is 0. The molecular formula is C21H31N3O. The predicted molar refractivity (Wildman–Crippen MR) is 106 cm³/mol. The zero-order valence-corrected chi connectivity index (χ0v) is 16.4. The van der Waals surface area contributed by atoms with Crippen LogP contribution in [-0.2, 0) is 19.6 Å². The molecule has 0 fully saturated rings. The van der Waals surface area contributed by atoms with Gasteiger partial charge in [-0.1, -0.05) is 24.3 Å². The maximum atomic E-state index is 9.65. The third-order valence-corrected chi connectivity index (χ3v) is 3.99. The largest absolute Gasteiger partial charge is 0.508 e. The van der Waals surface area contributed by atoms with Crippen LogP contribution in [0.2, 0.25) is 0 Å². The van der Waals surface area contributed by atoms with Crippen LogP contribution in [0.3, 0.4) is 0 Å². The van der Waals surface area contributed by atoms with Crippen LogP contribution in [0.25, 0.3) is 11.1 Å². The van der Waals surface area contributed by atoms with E-state index in [1.54, 1.807) is 12.1 Å². The smallest absolute Gasteiger partial charge is 0.115 e. The van der Waals surface area contributed by atoms with Gasteiger partial charge in [-0.05, 0) is 82.2 Å². The fourth-order valence-corrected chi connectivity index (χ4v) is 3.23. The molecule has 0 aliphatic rings. The van der Waals surface area contributed by atoms with Gasteiger partial charge >= 0.3 is 0 Å². The number of benzene rings is 2. The van der Waals surface area contributed by atoms with Gasteiger partial charge in [0.1, 0.15) is 5.75 Å². The number of hydrogen-bond donors (Lipinski definition) is 1. The van der Waals surface area contributed by atoms with E-state index in [2.05, 4.69) is 69.1 Å². The Morgan fingerprint density at radius 3 is 1.52 bits per heavy atom. The first-order chi connectivity index (χ1) is 11.8. The van der Waals surface area contributed by atoms with E-state index in [9.17, 15) is 5.11 Å². The average molecular weight is 341 g/mol. The molecule has 0 aliphatic carbocycles. The van der Waals surface area contributed by atoms with E-state index in [0.29, 0.717) is 5.75 Å². The first-order valence-corrected chi connectivity index (χ1v) is 8.64. The van der Waals surface area contributed by atoms with Gasteiger partial charge in [-0.25, -0.2) is 0 Å². The second-order valence-electron chi connectivity index (χ2n) is 7.55. The summed E-state index contributed by atoms with van der Waals surface area (Å²) in [5.41, 5.74) is 6.42. The third-order valence-electron chi connectivity index (χ3n) is 3.99. The highest BCUT2D eigenvalue weighted by Gasteiger charge is 2.15. The van der Waals surface area contributed by atoms with E-state index < -0.39 is 0 Å². The Labute approximate surface area is 152 Å². The summed E-state index contributed by atoms with van der Waals surface area (Å²) in [6, 6.07) is 12.2. The molecule has 0 aromatic heterocycles. The molecule has 0 saturated heterocycles. The van der Waals surface area contributed by atoms with Crippen LogP contribution in [0.5, 0.6) is 5.75 Å². The van der Waals surface area contributed by atoms with Crippen molar-refractivity contribution >= 4 is 0 Å². The van der Waals surface area contributed by atoms with Crippen LogP contribution in [0.4, 0.5) is 0 Å². The maximum Gasteiger partial charge on any atom is 0.115 e. The number of hydrogen-bond acceptors (Lipinski definition) is 4. The van der Waals surface area contributed by atoms with Crippen LogP contribution in [-0.4, -0.2) is 62.1 Å². The fraction of sp³-hybridized carbons (Fsp3) is 0.429. The van der Waals surface area contributed by atoms with Crippen LogP contribution >= 0.6 is 0 Å². The molecule has 0 amide bonds. The summed E-state index contributed by atoms with van der Waals surface area (Å²) in [5, 5.41) is 9.65. The molecule has 4 heteroatoms. The van der Waals surface area contributed by atoms with Gasteiger partial charge in [0.2, 0.25) is 0 Å². The molecule has 25 heavy (non-hydrogen) atoms. The minimum Gasteiger partial charge on any atom is -0.508 e. The minimum absolute atomic E-state index is 0.302. The summed E-state index contributed by atoms with van der Waals surface area (Å²) in [7, 11) is 12.6. The Kier molecular flexibility index (Phi) is 6.59. The minimum atomic E-state index is 0.302. The van der Waals surface area contributed by atoms with Gasteiger partial charge < -0.3 is 19.8 Å². The summed E-state index contributed by atoms with van der Waals surface area (Å²) in [6.07, 6.45) is 0. The molecule has 2 rings (SSSR count). The molecule has 0 aliphatic heterocycles. The van der Waals surface area contributed by atoms with Crippen molar-refractivity contribution in [3.8, 4) is 16.9 Å². The molecule has 2 aromatic rings. The Hall–Kier alpha value is -1.88. The van der Waals surface area contributed by atoms with Crippen molar-refractivity contribution in [2.45, 2.75) is 19.6 Å². The Balaban J connectivity index is 2.63. The van der Waals surface area contributed by atoms with Crippen molar-refractivity contribution in [2.24, 2.45) is 0 Å². The number of rotatable bonds is 7. The van der Waals surface area contributed by atoms with Crippen LogP contribution in [0.15, 0.2) is 36.4 Å². The Morgan fingerprint density at radius 1 is 0.680 bits per heavy atom. The quantitative estimate of drug-likeness (QED) is 0.837. The maximum absolute atomic E-state index is 9.65. The van der Waals surface area contributed by atoms with Gasteiger partial charge in [-0.3, -0.25) is 0 Å². The monoisotopic (exact) mass is 341 g/mol. The van der Waals surface area contributed by atoms with Crippen LogP contribution in [0, 0.1) is 0 Å². The molecule has 1 N–H and O–H groups in total. The Morgan fingerprint density at radius 2 is 1.12 bits per heavy atom. The average Bonchev–Trinajstić information content (AvgIpc) is 2.46. The summed E-state index contributed by atoms with van der Waals surface area (Å²) in [4.78, 5) is 6.62. The topological polar surface area (TPSA) is 30.0 Å². The molecule has 0 atom stereocenters. The van der Waals surface area contributed by atoms with Crippen molar-refractivity contribution in [3.63, 3.8) is 0 Å². The van der Waals surface area contributed by atoms with E-state index in [1.165, 1.54) is 22.3 Å². The summed E-state index contributed by atoms with van der Waals surface area (Å²) in [6.45, 7) is 2.70. The van der Waals surface area contributed by atoms with E-state index >= 15 is 0 Å². The van der Waals surface area contributed by atoms with Gasteiger partial charge in [0, 0.05) is 19.6 Å². The van der Waals surface area contributed by atoms with Crippen LogP contribution < -0.4 is 0 Å². The zero-order chi connectivity index (χ0) is 18.6. The lowest BCUT2D eigenvalue weighted by molar-refractivity contribution is 0.389. The van der Waals surface area contributed by atoms with Gasteiger partial charge in [-0.15, -0.1) is 0 Å². The second kappa shape index (κ2) is 8.48. The SMILES string of the molecule is CN(C)Cc1cc(CN(C)C)c(-c2ccc(O)cc2)c(CN(C)C)c1. The number of phenols is 1. The molecule has 0 unspecified atom stereocenters. The van der Waals surface area contributed by atoms with E-state index in [0.717, 1.165) is 25.2 Å². The molecule has 0 radical (unpaired) electrons. The summed E-state index contributed by atoms with van der Waals surface area (Å²) in [5.74, 6) is 0.302.